The van der Waals surface area contributed by atoms with E-state index < -0.39 is 12.0 Å². The number of rotatable bonds is 10. The summed E-state index contributed by atoms with van der Waals surface area (Å²) < 4.78 is 10.6. The average Bonchev–Trinajstić information content (AvgIpc) is 3.29. The highest BCUT2D eigenvalue weighted by atomic mass is 32.2. The van der Waals surface area contributed by atoms with E-state index in [1.54, 1.807) is 19.5 Å². The van der Waals surface area contributed by atoms with E-state index in [0.29, 0.717) is 30.3 Å². The van der Waals surface area contributed by atoms with Gasteiger partial charge in [0.1, 0.15) is 6.61 Å². The van der Waals surface area contributed by atoms with Crippen LogP contribution in [0.15, 0.2) is 76.2 Å². The van der Waals surface area contributed by atoms with Crippen LogP contribution in [0.4, 0.5) is 0 Å². The number of thioether (sulfide) groups is 1. The monoisotopic (exact) mass is 520 g/mol. The van der Waals surface area contributed by atoms with Crippen molar-refractivity contribution in [1.29, 1.82) is 0 Å². The molecule has 0 fully saturated rings. The van der Waals surface area contributed by atoms with Gasteiger partial charge in [0.05, 0.1) is 30.3 Å². The number of esters is 1. The van der Waals surface area contributed by atoms with E-state index in [4.69, 9.17) is 14.5 Å². The quantitative estimate of drug-likeness (QED) is 0.359. The summed E-state index contributed by atoms with van der Waals surface area (Å²) in [5, 5.41) is 5.63. The first kappa shape index (κ1) is 26.6. The highest BCUT2D eigenvalue weighted by molar-refractivity contribution is 8.16. The molecule has 1 amide bonds. The van der Waals surface area contributed by atoms with Gasteiger partial charge in [0.2, 0.25) is 5.91 Å². The van der Waals surface area contributed by atoms with Crippen LogP contribution in [-0.4, -0.2) is 47.3 Å². The van der Waals surface area contributed by atoms with E-state index in [9.17, 15) is 9.59 Å². The number of amides is 1. The number of fused-ring (bicyclic) bond motifs is 1. The molecular formula is C28H32N4O4S. The van der Waals surface area contributed by atoms with Gasteiger partial charge in [0.25, 0.3) is 0 Å². The molecule has 0 saturated carbocycles. The van der Waals surface area contributed by atoms with Crippen molar-refractivity contribution in [3.63, 3.8) is 0 Å². The fourth-order valence-corrected chi connectivity index (χ4v) is 5.20. The second-order valence-electron chi connectivity index (χ2n) is 9.16. The van der Waals surface area contributed by atoms with E-state index in [0.717, 1.165) is 22.0 Å². The number of ether oxygens (including phenoxy) is 2. The number of hydrogen-bond donors (Lipinski definition) is 1. The van der Waals surface area contributed by atoms with Crippen molar-refractivity contribution in [3.05, 3.63) is 87.9 Å². The Labute approximate surface area is 221 Å². The van der Waals surface area contributed by atoms with Gasteiger partial charge >= 0.3 is 5.97 Å². The molecule has 0 saturated heterocycles. The summed E-state index contributed by atoms with van der Waals surface area (Å²) in [6.07, 6.45) is 3.58. The Hall–Kier alpha value is -3.43. The highest BCUT2D eigenvalue weighted by Gasteiger charge is 2.41. The zero-order valence-electron chi connectivity index (χ0n) is 21.6. The number of methoxy groups -OCH3 is 1. The number of carbonyl (C=O) groups is 2. The number of aliphatic imine (C=N–C) groups is 1. The fourth-order valence-electron chi connectivity index (χ4n) is 4.24. The molecule has 4 rings (SSSR count). The Kier molecular flexibility index (Phi) is 8.78. The minimum atomic E-state index is -0.462. The molecule has 9 heteroatoms. The van der Waals surface area contributed by atoms with Crippen LogP contribution >= 0.6 is 11.8 Å². The lowest BCUT2D eigenvalue weighted by atomic mass is 9.92. The molecule has 2 aliphatic rings. The van der Waals surface area contributed by atoms with Gasteiger partial charge in [-0.1, -0.05) is 55.9 Å². The third-order valence-electron chi connectivity index (χ3n) is 6.21. The second-order valence-corrected chi connectivity index (χ2v) is 9.99. The first-order chi connectivity index (χ1) is 17.9. The summed E-state index contributed by atoms with van der Waals surface area (Å²) in [6, 6.07) is 11.5. The molecule has 0 spiro atoms. The number of amidine groups is 1. The highest BCUT2D eigenvalue weighted by Crippen LogP contribution is 2.45. The van der Waals surface area contributed by atoms with Crippen molar-refractivity contribution in [3.8, 4) is 0 Å². The van der Waals surface area contributed by atoms with E-state index >= 15 is 0 Å². The van der Waals surface area contributed by atoms with Gasteiger partial charge in [0.15, 0.2) is 5.17 Å². The van der Waals surface area contributed by atoms with Crippen LogP contribution in [0.5, 0.6) is 0 Å². The predicted octanol–water partition coefficient (Wildman–Crippen LogP) is 4.68. The number of nitrogens with one attached hydrogen (secondary N) is 1. The van der Waals surface area contributed by atoms with Crippen molar-refractivity contribution in [1.82, 2.24) is 15.2 Å². The molecule has 0 bridgehead atoms. The molecule has 2 aliphatic heterocycles. The van der Waals surface area contributed by atoms with Gasteiger partial charge in [0, 0.05) is 31.7 Å². The van der Waals surface area contributed by atoms with Crippen molar-refractivity contribution in [2.75, 3.05) is 20.3 Å². The zero-order chi connectivity index (χ0) is 26.4. The number of pyridine rings is 1. The van der Waals surface area contributed by atoms with Crippen molar-refractivity contribution >= 4 is 28.8 Å². The minimum absolute atomic E-state index is 0.124. The van der Waals surface area contributed by atoms with Crippen molar-refractivity contribution < 1.29 is 19.1 Å². The molecule has 3 heterocycles. The molecule has 8 nitrogen and oxygen atoms in total. The second kappa shape index (κ2) is 12.2. The number of allylic oxidation sites excluding steroid dienone is 1. The molecule has 1 aromatic heterocycles. The lowest BCUT2D eigenvalue weighted by Gasteiger charge is -2.36. The van der Waals surface area contributed by atoms with E-state index in [2.05, 4.69) is 36.3 Å². The smallest absolute Gasteiger partial charge is 0.338 e. The number of benzene rings is 1. The van der Waals surface area contributed by atoms with Gasteiger partial charge in [-0.05, 0) is 41.0 Å². The molecule has 1 aromatic carbocycles. The van der Waals surface area contributed by atoms with Crippen LogP contribution in [0.1, 0.15) is 55.8 Å². The average molecular weight is 521 g/mol. The molecular weight excluding hydrogens is 488 g/mol. The Morgan fingerprint density at radius 2 is 1.95 bits per heavy atom. The predicted molar refractivity (Wildman–Crippen MR) is 144 cm³/mol. The molecule has 1 atom stereocenters. The fraction of sp³-hybridized carbons (Fsp3) is 0.357. The molecule has 0 unspecified atom stereocenters. The summed E-state index contributed by atoms with van der Waals surface area (Å²) in [4.78, 5) is 37.0. The normalized spacial score (nSPS) is 16.9. The SMILES string of the molecule is COCCOC(=O)C1=C(C)N=C2SC=C(CC(=O)NCc3cccnc3)N2[C@H]1c1ccc(C(C)C)cc1. The maximum atomic E-state index is 13.3. The van der Waals surface area contributed by atoms with Crippen LogP contribution < -0.4 is 5.32 Å². The van der Waals surface area contributed by atoms with Crippen molar-refractivity contribution in [2.45, 2.75) is 45.7 Å². The number of carbonyl (C=O) groups excluding carboxylic acids is 2. The standard InChI is InChI=1S/C28H32N4O4S/c1-18(2)21-7-9-22(10-8-21)26-25(27(34)36-13-12-35-4)19(3)31-28-32(26)23(17-37-28)14-24(33)30-16-20-6-5-11-29-15-20/h5-11,15,17-18,26H,12-14,16H2,1-4H3,(H,30,33)/t26-/m0/s1. The van der Waals surface area contributed by atoms with Crippen LogP contribution in [-0.2, 0) is 25.6 Å². The third-order valence-corrected chi connectivity index (χ3v) is 7.10. The largest absolute Gasteiger partial charge is 0.460 e. The van der Waals surface area contributed by atoms with Crippen LogP contribution in [0.2, 0.25) is 0 Å². The maximum Gasteiger partial charge on any atom is 0.338 e. The van der Waals surface area contributed by atoms with Gasteiger partial charge in [-0.3, -0.25) is 9.78 Å². The summed E-state index contributed by atoms with van der Waals surface area (Å²) >= 11 is 1.45. The minimum Gasteiger partial charge on any atom is -0.460 e. The molecule has 2 aromatic rings. The lowest BCUT2D eigenvalue weighted by molar-refractivity contribution is -0.141. The first-order valence-electron chi connectivity index (χ1n) is 12.2. The molecule has 0 aliphatic carbocycles. The molecule has 194 valence electrons. The maximum absolute atomic E-state index is 13.3. The lowest BCUT2D eigenvalue weighted by Crippen LogP contribution is -2.38. The summed E-state index contributed by atoms with van der Waals surface area (Å²) in [6.45, 7) is 6.96. The van der Waals surface area contributed by atoms with E-state index in [1.165, 1.54) is 17.3 Å². The third kappa shape index (κ3) is 6.29. The molecule has 37 heavy (non-hydrogen) atoms. The Bertz CT molecular complexity index is 1220. The zero-order valence-corrected chi connectivity index (χ0v) is 22.4. The Balaban J connectivity index is 1.61. The van der Waals surface area contributed by atoms with Crippen LogP contribution in [0.3, 0.4) is 0 Å². The van der Waals surface area contributed by atoms with Crippen LogP contribution in [0, 0.1) is 0 Å². The summed E-state index contributed by atoms with van der Waals surface area (Å²) in [5.41, 5.74) is 4.91. The number of hydrogen-bond acceptors (Lipinski definition) is 8. The van der Waals surface area contributed by atoms with E-state index in [1.807, 2.05) is 41.5 Å². The summed E-state index contributed by atoms with van der Waals surface area (Å²) in [7, 11) is 1.56. The topological polar surface area (TPSA) is 93.1 Å². The van der Waals surface area contributed by atoms with Crippen molar-refractivity contribution in [2.24, 2.45) is 4.99 Å². The molecule has 0 radical (unpaired) electrons. The first-order valence-corrected chi connectivity index (χ1v) is 13.1. The Morgan fingerprint density at radius 1 is 1.16 bits per heavy atom. The van der Waals surface area contributed by atoms with Gasteiger partial charge in [-0.2, -0.15) is 0 Å². The van der Waals surface area contributed by atoms with Gasteiger partial charge in [-0.15, -0.1) is 0 Å². The van der Waals surface area contributed by atoms with Gasteiger partial charge in [-0.25, -0.2) is 9.79 Å². The molecule has 1 N–H and O–H groups in total. The van der Waals surface area contributed by atoms with Crippen LogP contribution in [0.25, 0.3) is 0 Å². The number of aromatic nitrogens is 1. The Morgan fingerprint density at radius 3 is 2.62 bits per heavy atom. The number of nitrogens with zero attached hydrogens (tertiary/aromatic N) is 3. The van der Waals surface area contributed by atoms with Gasteiger partial charge < -0.3 is 19.7 Å². The summed E-state index contributed by atoms with van der Waals surface area (Å²) in [5.74, 6) is -0.177. The van der Waals surface area contributed by atoms with E-state index in [-0.39, 0.29) is 18.9 Å².